The predicted molar refractivity (Wildman–Crippen MR) is 112 cm³/mol. The molecule has 0 saturated carbocycles. The van der Waals surface area contributed by atoms with Crippen molar-refractivity contribution in [3.8, 4) is 0 Å². The minimum atomic E-state index is -0.479. The Labute approximate surface area is 167 Å². The number of anilines is 1. The molecule has 1 heterocycles. The van der Waals surface area contributed by atoms with E-state index in [2.05, 4.69) is 6.92 Å². The Bertz CT molecular complexity index is 794. The Morgan fingerprint density at radius 3 is 2.25 bits per heavy atom. The van der Waals surface area contributed by atoms with Crippen LogP contribution in [0.1, 0.15) is 31.7 Å². The summed E-state index contributed by atoms with van der Waals surface area (Å²) < 4.78 is 0. The Morgan fingerprint density at radius 1 is 1.04 bits per heavy atom. The third kappa shape index (κ3) is 4.03. The Balaban J connectivity index is 1.91. The van der Waals surface area contributed by atoms with Gasteiger partial charge in [0.05, 0.1) is 0 Å². The zero-order valence-corrected chi connectivity index (χ0v) is 16.9. The van der Waals surface area contributed by atoms with Crippen molar-refractivity contribution in [3.63, 3.8) is 0 Å². The molecule has 0 N–H and O–H groups in total. The summed E-state index contributed by atoms with van der Waals surface area (Å²) in [6.45, 7) is 2.13. The monoisotopic (exact) mass is 379 g/mol. The van der Waals surface area contributed by atoms with Gasteiger partial charge in [-0.3, -0.25) is 14.6 Å². The van der Waals surface area contributed by atoms with Crippen LogP contribution in [-0.2, 0) is 11.2 Å². The number of nitrogens with zero attached hydrogens (tertiary/aromatic N) is 3. The fourth-order valence-corrected chi connectivity index (χ4v) is 3.83. The maximum Gasteiger partial charge on any atom is 0.326 e. The molecule has 0 aliphatic carbocycles. The molecule has 2 atom stereocenters. The van der Waals surface area contributed by atoms with Gasteiger partial charge in [0, 0.05) is 26.2 Å². The maximum atomic E-state index is 13.5. The lowest BCUT2D eigenvalue weighted by Gasteiger charge is -2.33. The van der Waals surface area contributed by atoms with Crippen molar-refractivity contribution in [2.75, 3.05) is 19.0 Å². The molecule has 2 aromatic carbocycles. The number of urea groups is 1. The average Bonchev–Trinajstić information content (AvgIpc) is 2.97. The number of likely N-dealkylation sites (N-methyl/N-ethyl adjacent to an activating group) is 1. The smallest absolute Gasteiger partial charge is 0.323 e. The largest absolute Gasteiger partial charge is 0.326 e. The zero-order valence-electron chi connectivity index (χ0n) is 16.9. The van der Waals surface area contributed by atoms with Gasteiger partial charge in [0.1, 0.15) is 12.2 Å². The van der Waals surface area contributed by atoms with Gasteiger partial charge in [0.2, 0.25) is 5.91 Å². The van der Waals surface area contributed by atoms with Crippen LogP contribution in [0.15, 0.2) is 60.7 Å². The summed E-state index contributed by atoms with van der Waals surface area (Å²) in [5, 5.41) is 0. The molecule has 1 aliphatic heterocycles. The second-order valence-electron chi connectivity index (χ2n) is 7.36. The van der Waals surface area contributed by atoms with E-state index in [0.29, 0.717) is 6.42 Å². The summed E-state index contributed by atoms with van der Waals surface area (Å²) in [5.41, 5.74) is 1.88. The molecule has 2 unspecified atom stereocenters. The number of carbonyl (C=O) groups is 2. The molecule has 0 bridgehead atoms. The van der Waals surface area contributed by atoms with Gasteiger partial charge in [-0.25, -0.2) is 4.79 Å². The highest BCUT2D eigenvalue weighted by atomic mass is 16.2. The van der Waals surface area contributed by atoms with Gasteiger partial charge >= 0.3 is 6.03 Å². The average molecular weight is 380 g/mol. The SMILES string of the molecule is CCCCC1N(C)C(=O)C(Cc2ccccc2)N1C(=O)N(C)c1ccccc1. The molecular weight excluding hydrogens is 350 g/mol. The van der Waals surface area contributed by atoms with Crippen LogP contribution in [0.25, 0.3) is 0 Å². The number of hydrogen-bond donors (Lipinski definition) is 0. The predicted octanol–water partition coefficient (Wildman–Crippen LogP) is 4.14. The van der Waals surface area contributed by atoms with E-state index in [1.165, 1.54) is 0 Å². The lowest BCUT2D eigenvalue weighted by Crippen LogP contribution is -2.50. The molecule has 5 nitrogen and oxygen atoms in total. The minimum absolute atomic E-state index is 0.0137. The molecule has 2 aromatic rings. The quantitative estimate of drug-likeness (QED) is 0.757. The summed E-state index contributed by atoms with van der Waals surface area (Å²) in [6.07, 6.45) is 3.11. The summed E-state index contributed by atoms with van der Waals surface area (Å²) in [5.74, 6) is 0.0137. The summed E-state index contributed by atoms with van der Waals surface area (Å²) in [4.78, 5) is 31.7. The first-order valence-electron chi connectivity index (χ1n) is 9.96. The van der Waals surface area contributed by atoms with Gasteiger partial charge in [0.15, 0.2) is 0 Å². The van der Waals surface area contributed by atoms with E-state index >= 15 is 0 Å². The van der Waals surface area contributed by atoms with Crippen LogP contribution in [0.2, 0.25) is 0 Å². The third-order valence-electron chi connectivity index (χ3n) is 5.48. The molecule has 1 fully saturated rings. The first-order valence-corrected chi connectivity index (χ1v) is 9.96. The fraction of sp³-hybridized carbons (Fsp3) is 0.391. The van der Waals surface area contributed by atoms with Gasteiger partial charge in [-0.1, -0.05) is 61.9 Å². The van der Waals surface area contributed by atoms with Crippen LogP contribution >= 0.6 is 0 Å². The molecule has 1 aliphatic rings. The summed E-state index contributed by atoms with van der Waals surface area (Å²) in [7, 11) is 3.59. The van der Waals surface area contributed by atoms with Crippen LogP contribution in [0.5, 0.6) is 0 Å². The molecular formula is C23H29N3O2. The molecule has 28 heavy (non-hydrogen) atoms. The Morgan fingerprint density at radius 2 is 1.64 bits per heavy atom. The van der Waals surface area contributed by atoms with Crippen LogP contribution in [0.4, 0.5) is 10.5 Å². The lowest BCUT2D eigenvalue weighted by atomic mass is 10.0. The van der Waals surface area contributed by atoms with Crippen LogP contribution in [0.3, 0.4) is 0 Å². The minimum Gasteiger partial charge on any atom is -0.323 e. The van der Waals surface area contributed by atoms with E-state index in [9.17, 15) is 9.59 Å². The molecule has 0 spiro atoms. The van der Waals surface area contributed by atoms with E-state index in [0.717, 1.165) is 30.5 Å². The van der Waals surface area contributed by atoms with Crippen molar-refractivity contribution >= 4 is 17.6 Å². The fourth-order valence-electron chi connectivity index (χ4n) is 3.83. The zero-order chi connectivity index (χ0) is 20.1. The van der Waals surface area contributed by atoms with E-state index < -0.39 is 6.04 Å². The van der Waals surface area contributed by atoms with E-state index in [-0.39, 0.29) is 18.1 Å². The van der Waals surface area contributed by atoms with Crippen molar-refractivity contribution in [2.45, 2.75) is 44.8 Å². The van der Waals surface area contributed by atoms with Gasteiger partial charge in [-0.2, -0.15) is 0 Å². The number of rotatable bonds is 6. The lowest BCUT2D eigenvalue weighted by molar-refractivity contribution is -0.128. The van der Waals surface area contributed by atoms with E-state index in [1.807, 2.05) is 67.7 Å². The summed E-state index contributed by atoms with van der Waals surface area (Å²) >= 11 is 0. The third-order valence-corrected chi connectivity index (χ3v) is 5.48. The molecule has 148 valence electrons. The molecule has 3 amide bonds. The normalized spacial score (nSPS) is 19.2. The molecule has 1 saturated heterocycles. The highest BCUT2D eigenvalue weighted by molar-refractivity contribution is 5.97. The first-order chi connectivity index (χ1) is 13.5. The highest BCUT2D eigenvalue weighted by Gasteiger charge is 2.47. The van der Waals surface area contributed by atoms with E-state index in [1.54, 1.807) is 21.7 Å². The molecule has 0 radical (unpaired) electrons. The molecule has 5 heteroatoms. The van der Waals surface area contributed by atoms with Crippen LogP contribution in [-0.4, -0.2) is 48.0 Å². The van der Waals surface area contributed by atoms with E-state index in [4.69, 9.17) is 0 Å². The second kappa shape index (κ2) is 8.91. The number of para-hydroxylation sites is 1. The summed E-state index contributed by atoms with van der Waals surface area (Å²) in [6, 6.07) is 18.9. The van der Waals surface area contributed by atoms with Gasteiger partial charge < -0.3 is 4.90 Å². The Hall–Kier alpha value is -2.82. The van der Waals surface area contributed by atoms with Gasteiger partial charge in [-0.05, 0) is 30.5 Å². The number of carbonyl (C=O) groups excluding carboxylic acids is 2. The molecule has 3 rings (SSSR count). The number of hydrogen-bond acceptors (Lipinski definition) is 2. The standard InChI is InChI=1S/C23H29N3O2/c1-4-5-16-21-25(3)22(27)20(17-18-12-8-6-9-13-18)26(21)23(28)24(2)19-14-10-7-11-15-19/h6-15,20-21H,4-5,16-17H2,1-3H3. The Kier molecular flexibility index (Phi) is 6.34. The van der Waals surface area contributed by atoms with Crippen molar-refractivity contribution in [1.82, 2.24) is 9.80 Å². The van der Waals surface area contributed by atoms with Crippen LogP contribution < -0.4 is 4.90 Å². The maximum absolute atomic E-state index is 13.5. The van der Waals surface area contributed by atoms with Crippen molar-refractivity contribution in [1.29, 1.82) is 0 Å². The number of benzene rings is 2. The second-order valence-corrected chi connectivity index (χ2v) is 7.36. The van der Waals surface area contributed by atoms with Gasteiger partial charge in [-0.15, -0.1) is 0 Å². The number of unbranched alkanes of at least 4 members (excludes halogenated alkanes) is 1. The highest BCUT2D eigenvalue weighted by Crippen LogP contribution is 2.29. The van der Waals surface area contributed by atoms with Crippen molar-refractivity contribution in [3.05, 3.63) is 66.2 Å². The molecule has 0 aromatic heterocycles. The first kappa shape index (κ1) is 19.9. The van der Waals surface area contributed by atoms with Crippen LogP contribution in [0, 0.1) is 0 Å². The van der Waals surface area contributed by atoms with Gasteiger partial charge in [0.25, 0.3) is 0 Å². The number of amides is 3. The topological polar surface area (TPSA) is 43.9 Å². The van der Waals surface area contributed by atoms with Crippen molar-refractivity contribution < 1.29 is 9.59 Å². The van der Waals surface area contributed by atoms with Crippen molar-refractivity contribution in [2.24, 2.45) is 0 Å².